The summed E-state index contributed by atoms with van der Waals surface area (Å²) < 4.78 is 15.7. The van der Waals surface area contributed by atoms with E-state index in [-0.39, 0.29) is 18.1 Å². The van der Waals surface area contributed by atoms with Gasteiger partial charge in [0.15, 0.2) is 0 Å². The van der Waals surface area contributed by atoms with Crippen molar-refractivity contribution in [3.05, 3.63) is 29.8 Å². The van der Waals surface area contributed by atoms with Crippen LogP contribution in [0, 0.1) is 0 Å². The number of nitrogens with one attached hydrogen (secondary N) is 1. The van der Waals surface area contributed by atoms with Crippen molar-refractivity contribution in [1.82, 2.24) is 5.32 Å². The number of esters is 1. The van der Waals surface area contributed by atoms with Gasteiger partial charge in [0.05, 0.1) is 24.8 Å². The third-order valence-corrected chi connectivity index (χ3v) is 3.29. The molecule has 0 amide bonds. The zero-order valence-corrected chi connectivity index (χ0v) is 11.2. The molecular weight excluding hydrogens is 246 g/mol. The molecule has 2 rings (SSSR count). The Morgan fingerprint density at radius 3 is 2.68 bits per heavy atom. The second-order valence-electron chi connectivity index (χ2n) is 4.45. The molecule has 0 radical (unpaired) electrons. The fourth-order valence-corrected chi connectivity index (χ4v) is 2.18. The van der Waals surface area contributed by atoms with Crippen LogP contribution in [-0.4, -0.2) is 45.5 Å². The van der Waals surface area contributed by atoms with E-state index in [9.17, 15) is 4.79 Å². The largest absolute Gasteiger partial charge is 0.492 e. The van der Waals surface area contributed by atoms with Crippen LogP contribution in [0.2, 0.25) is 0 Å². The van der Waals surface area contributed by atoms with Gasteiger partial charge in [0, 0.05) is 7.11 Å². The molecule has 1 aliphatic rings. The highest BCUT2D eigenvalue weighted by Crippen LogP contribution is 2.16. The number of benzene rings is 1. The van der Waals surface area contributed by atoms with Crippen molar-refractivity contribution in [3.8, 4) is 5.75 Å². The molecule has 0 aromatic heterocycles. The number of carbonyl (C=O) groups excluding carboxylic acids is 1. The number of rotatable bonds is 5. The smallest absolute Gasteiger partial charge is 0.337 e. The van der Waals surface area contributed by atoms with E-state index in [1.54, 1.807) is 31.4 Å². The lowest BCUT2D eigenvalue weighted by Gasteiger charge is -2.18. The Morgan fingerprint density at radius 1 is 1.32 bits per heavy atom. The molecule has 2 atom stereocenters. The second-order valence-corrected chi connectivity index (χ2v) is 4.45. The SMILES string of the molecule is COC(=O)c1ccc(OC[C@H]2NCC[C@@H]2OC)cc1. The topological polar surface area (TPSA) is 56.8 Å². The molecule has 104 valence electrons. The van der Waals surface area contributed by atoms with E-state index in [1.807, 2.05) is 0 Å². The summed E-state index contributed by atoms with van der Waals surface area (Å²) in [6, 6.07) is 7.13. The van der Waals surface area contributed by atoms with Gasteiger partial charge < -0.3 is 19.5 Å². The zero-order chi connectivity index (χ0) is 13.7. The monoisotopic (exact) mass is 265 g/mol. The molecule has 0 spiro atoms. The fourth-order valence-electron chi connectivity index (χ4n) is 2.18. The average Bonchev–Trinajstić information content (AvgIpc) is 2.92. The molecule has 1 N–H and O–H groups in total. The number of hydrogen-bond acceptors (Lipinski definition) is 5. The van der Waals surface area contributed by atoms with Crippen LogP contribution in [0.5, 0.6) is 5.75 Å². The maximum atomic E-state index is 11.3. The molecule has 0 aliphatic carbocycles. The normalized spacial score (nSPS) is 22.2. The summed E-state index contributed by atoms with van der Waals surface area (Å²) in [7, 11) is 3.08. The van der Waals surface area contributed by atoms with Crippen LogP contribution in [-0.2, 0) is 9.47 Å². The summed E-state index contributed by atoms with van der Waals surface area (Å²) in [5.74, 6) is 0.389. The van der Waals surface area contributed by atoms with Crippen LogP contribution in [0.1, 0.15) is 16.8 Å². The minimum atomic E-state index is -0.344. The lowest BCUT2D eigenvalue weighted by atomic mass is 10.2. The molecule has 1 aromatic rings. The van der Waals surface area contributed by atoms with E-state index in [4.69, 9.17) is 9.47 Å². The highest BCUT2D eigenvalue weighted by Gasteiger charge is 2.26. The Hall–Kier alpha value is -1.59. The molecule has 1 fully saturated rings. The van der Waals surface area contributed by atoms with E-state index in [2.05, 4.69) is 10.1 Å². The van der Waals surface area contributed by atoms with Gasteiger partial charge >= 0.3 is 5.97 Å². The molecule has 0 saturated carbocycles. The van der Waals surface area contributed by atoms with E-state index in [0.717, 1.165) is 18.7 Å². The van der Waals surface area contributed by atoms with Crippen LogP contribution < -0.4 is 10.1 Å². The van der Waals surface area contributed by atoms with Crippen LogP contribution >= 0.6 is 0 Å². The van der Waals surface area contributed by atoms with E-state index in [1.165, 1.54) is 7.11 Å². The van der Waals surface area contributed by atoms with Crippen LogP contribution in [0.25, 0.3) is 0 Å². The van der Waals surface area contributed by atoms with E-state index >= 15 is 0 Å². The minimum absolute atomic E-state index is 0.203. The summed E-state index contributed by atoms with van der Waals surface area (Å²) >= 11 is 0. The van der Waals surface area contributed by atoms with Gasteiger partial charge in [-0.15, -0.1) is 0 Å². The summed E-state index contributed by atoms with van der Waals surface area (Å²) in [5.41, 5.74) is 0.517. The lowest BCUT2D eigenvalue weighted by Crippen LogP contribution is -2.37. The second kappa shape index (κ2) is 6.54. The first-order valence-electron chi connectivity index (χ1n) is 6.32. The molecule has 1 saturated heterocycles. The first kappa shape index (κ1) is 13.8. The summed E-state index contributed by atoms with van der Waals surface area (Å²) in [6.07, 6.45) is 1.21. The quantitative estimate of drug-likeness (QED) is 0.811. The van der Waals surface area contributed by atoms with Crippen molar-refractivity contribution >= 4 is 5.97 Å². The third kappa shape index (κ3) is 3.45. The molecule has 1 heterocycles. The number of ether oxygens (including phenoxy) is 3. The summed E-state index contributed by atoms with van der Waals surface area (Å²) in [6.45, 7) is 1.50. The molecule has 1 aromatic carbocycles. The van der Waals surface area contributed by atoms with Gasteiger partial charge in [-0.25, -0.2) is 4.79 Å². The average molecular weight is 265 g/mol. The molecule has 19 heavy (non-hydrogen) atoms. The van der Waals surface area contributed by atoms with Gasteiger partial charge in [0.2, 0.25) is 0 Å². The van der Waals surface area contributed by atoms with Crippen LogP contribution in [0.15, 0.2) is 24.3 Å². The first-order chi connectivity index (χ1) is 9.24. The van der Waals surface area contributed by atoms with E-state index in [0.29, 0.717) is 12.2 Å². The van der Waals surface area contributed by atoms with Crippen molar-refractivity contribution in [3.63, 3.8) is 0 Å². The number of methoxy groups -OCH3 is 2. The van der Waals surface area contributed by atoms with Gasteiger partial charge in [-0.2, -0.15) is 0 Å². The Balaban J connectivity index is 1.88. The Kier molecular flexibility index (Phi) is 4.76. The van der Waals surface area contributed by atoms with Crippen molar-refractivity contribution < 1.29 is 19.0 Å². The maximum Gasteiger partial charge on any atom is 0.337 e. The van der Waals surface area contributed by atoms with E-state index < -0.39 is 0 Å². The van der Waals surface area contributed by atoms with Crippen LogP contribution in [0.4, 0.5) is 0 Å². The Morgan fingerprint density at radius 2 is 2.05 bits per heavy atom. The molecule has 1 aliphatic heterocycles. The maximum absolute atomic E-state index is 11.3. The molecule has 0 unspecified atom stereocenters. The minimum Gasteiger partial charge on any atom is -0.492 e. The van der Waals surface area contributed by atoms with Crippen molar-refractivity contribution in [1.29, 1.82) is 0 Å². The summed E-state index contributed by atoms with van der Waals surface area (Å²) in [5, 5.41) is 3.34. The zero-order valence-electron chi connectivity index (χ0n) is 11.2. The van der Waals surface area contributed by atoms with Crippen molar-refractivity contribution in [2.45, 2.75) is 18.6 Å². The summed E-state index contributed by atoms with van der Waals surface area (Å²) in [4.78, 5) is 11.3. The molecule has 5 heteroatoms. The highest BCUT2D eigenvalue weighted by molar-refractivity contribution is 5.89. The number of hydrogen-bond donors (Lipinski definition) is 1. The molecule has 5 nitrogen and oxygen atoms in total. The van der Waals surface area contributed by atoms with Gasteiger partial charge in [-0.3, -0.25) is 0 Å². The van der Waals surface area contributed by atoms with Gasteiger partial charge in [0.1, 0.15) is 12.4 Å². The van der Waals surface area contributed by atoms with Crippen molar-refractivity contribution in [2.24, 2.45) is 0 Å². The highest BCUT2D eigenvalue weighted by atomic mass is 16.5. The van der Waals surface area contributed by atoms with Crippen LogP contribution in [0.3, 0.4) is 0 Å². The van der Waals surface area contributed by atoms with Gasteiger partial charge in [0.25, 0.3) is 0 Å². The molecular formula is C14H19NO4. The third-order valence-electron chi connectivity index (χ3n) is 3.29. The predicted molar refractivity (Wildman–Crippen MR) is 70.5 cm³/mol. The predicted octanol–water partition coefficient (Wildman–Crippen LogP) is 1.23. The fraction of sp³-hybridized carbons (Fsp3) is 0.500. The number of carbonyl (C=O) groups is 1. The van der Waals surface area contributed by atoms with Gasteiger partial charge in [-0.05, 0) is 37.2 Å². The molecule has 0 bridgehead atoms. The first-order valence-corrected chi connectivity index (χ1v) is 6.32. The standard InChI is InChI=1S/C14H19NO4/c1-17-13-7-8-15-12(13)9-19-11-5-3-10(4-6-11)14(16)18-2/h3-6,12-13,15H,7-9H2,1-2H3/t12-,13+/m1/s1. The lowest BCUT2D eigenvalue weighted by molar-refractivity contribution is 0.0600. The Bertz CT molecular complexity index is 418. The van der Waals surface area contributed by atoms with Gasteiger partial charge in [-0.1, -0.05) is 0 Å². The Labute approximate surface area is 112 Å². The van der Waals surface area contributed by atoms with Crippen molar-refractivity contribution in [2.75, 3.05) is 27.4 Å².